The highest BCUT2D eigenvalue weighted by Crippen LogP contribution is 2.56. The van der Waals surface area contributed by atoms with Gasteiger partial charge in [-0.3, -0.25) is 4.57 Å². The normalized spacial score (nSPS) is 13.7. The minimum absolute atomic E-state index is 0.230. The summed E-state index contributed by atoms with van der Waals surface area (Å²) in [5.74, 6) is 0.695. The minimum atomic E-state index is -0.230. The average molecular weight is 644 g/mol. The predicted molar refractivity (Wildman–Crippen MR) is 207 cm³/mol. The molecular weight excluding hydrogens is 615 g/mol. The SMILES string of the molecule is CC1(C)c2ccccc2-c2c1c1c(c3ccccc23)c2ccccc2n1-c1nc(-c2ccc3c(c2)sc2ccccc23)c2ccccc2n1. The van der Waals surface area contributed by atoms with Crippen molar-refractivity contribution in [2.75, 3.05) is 0 Å². The molecule has 0 unspecified atom stereocenters. The fourth-order valence-corrected chi connectivity index (χ4v) is 9.80. The van der Waals surface area contributed by atoms with Crippen LogP contribution in [0.4, 0.5) is 0 Å². The molecule has 0 fully saturated rings. The van der Waals surface area contributed by atoms with E-state index in [1.807, 2.05) is 11.3 Å². The summed E-state index contributed by atoms with van der Waals surface area (Å²) in [5.41, 5.74) is 10.4. The Kier molecular flexibility index (Phi) is 5.33. The van der Waals surface area contributed by atoms with Crippen LogP contribution in [0, 0.1) is 0 Å². The maximum Gasteiger partial charge on any atom is 0.235 e. The molecule has 230 valence electrons. The van der Waals surface area contributed by atoms with Crippen molar-refractivity contribution in [2.24, 2.45) is 0 Å². The van der Waals surface area contributed by atoms with E-state index in [1.54, 1.807) is 0 Å². The van der Waals surface area contributed by atoms with Gasteiger partial charge >= 0.3 is 0 Å². The van der Waals surface area contributed by atoms with Gasteiger partial charge in [-0.1, -0.05) is 129 Å². The number of nitrogens with zero attached hydrogens (tertiary/aromatic N) is 3. The maximum absolute atomic E-state index is 5.53. The summed E-state index contributed by atoms with van der Waals surface area (Å²) in [5, 5.41) is 8.67. The van der Waals surface area contributed by atoms with E-state index in [9.17, 15) is 0 Å². The van der Waals surface area contributed by atoms with Crippen LogP contribution < -0.4 is 0 Å². The van der Waals surface area contributed by atoms with Crippen LogP contribution in [0.5, 0.6) is 0 Å². The first-order valence-corrected chi connectivity index (χ1v) is 17.7. The fraction of sp³-hybridized carbons (Fsp3) is 0.0667. The zero-order valence-electron chi connectivity index (χ0n) is 27.0. The van der Waals surface area contributed by atoms with Gasteiger partial charge in [0.15, 0.2) is 0 Å². The summed E-state index contributed by atoms with van der Waals surface area (Å²) in [6.07, 6.45) is 0. The maximum atomic E-state index is 5.53. The van der Waals surface area contributed by atoms with E-state index in [0.717, 1.165) is 27.7 Å². The van der Waals surface area contributed by atoms with Gasteiger partial charge in [-0.15, -0.1) is 11.3 Å². The molecule has 0 radical (unpaired) electrons. The van der Waals surface area contributed by atoms with Crippen molar-refractivity contribution in [1.29, 1.82) is 0 Å². The van der Waals surface area contributed by atoms with Gasteiger partial charge in [0, 0.05) is 47.3 Å². The van der Waals surface area contributed by atoms with Gasteiger partial charge in [-0.05, 0) is 57.3 Å². The molecule has 0 N–H and O–H groups in total. The standard InChI is InChI=1S/C45H29N3S/c1-45(2)34-19-9-5-16-31(34)39-29-14-3-4-15-30(29)40-33-18-7-11-21-36(33)48(43(40)41(39)45)44-46-35-20-10-6-17-32(35)42(47-44)26-23-24-28-27-13-8-12-22-37(27)49-38(28)25-26/h3-25H,1-2H3. The van der Waals surface area contributed by atoms with Crippen LogP contribution in [0.3, 0.4) is 0 Å². The number of para-hydroxylation sites is 2. The Labute approximate surface area is 286 Å². The second kappa shape index (κ2) is 9.62. The van der Waals surface area contributed by atoms with Crippen molar-refractivity contribution in [1.82, 2.24) is 14.5 Å². The van der Waals surface area contributed by atoms with Gasteiger partial charge < -0.3 is 0 Å². The lowest BCUT2D eigenvalue weighted by atomic mass is 9.80. The van der Waals surface area contributed by atoms with Crippen molar-refractivity contribution < 1.29 is 0 Å². The van der Waals surface area contributed by atoms with Crippen LogP contribution in [0.2, 0.25) is 0 Å². The third-order valence-electron chi connectivity index (χ3n) is 10.8. The lowest BCUT2D eigenvalue weighted by molar-refractivity contribution is 0.664. The number of aromatic nitrogens is 3. The summed E-state index contributed by atoms with van der Waals surface area (Å²) < 4.78 is 4.93. The van der Waals surface area contributed by atoms with Crippen LogP contribution in [0.15, 0.2) is 140 Å². The molecule has 10 aromatic rings. The van der Waals surface area contributed by atoms with Gasteiger partial charge in [0.25, 0.3) is 0 Å². The first kappa shape index (κ1) is 27.1. The molecule has 3 nitrogen and oxygen atoms in total. The quantitative estimate of drug-likeness (QED) is 0.188. The Morgan fingerprint density at radius 2 is 1.24 bits per heavy atom. The molecule has 7 aromatic carbocycles. The number of rotatable bonds is 2. The second-order valence-corrected chi connectivity index (χ2v) is 14.8. The number of fused-ring (bicyclic) bond motifs is 14. The number of hydrogen-bond donors (Lipinski definition) is 0. The van der Waals surface area contributed by atoms with Gasteiger partial charge in [0.2, 0.25) is 5.95 Å². The number of hydrogen-bond acceptors (Lipinski definition) is 3. The predicted octanol–water partition coefficient (Wildman–Crippen LogP) is 12.2. The molecule has 0 amide bonds. The van der Waals surface area contributed by atoms with E-state index >= 15 is 0 Å². The fourth-order valence-electron chi connectivity index (χ4n) is 8.66. The molecule has 4 heteroatoms. The third-order valence-corrected chi connectivity index (χ3v) is 11.9. The molecule has 49 heavy (non-hydrogen) atoms. The third kappa shape index (κ3) is 3.56. The Hall–Kier alpha value is -5.84. The molecule has 0 saturated carbocycles. The lowest BCUT2D eigenvalue weighted by Crippen LogP contribution is -2.17. The van der Waals surface area contributed by atoms with Crippen LogP contribution >= 0.6 is 11.3 Å². The molecule has 1 aliphatic carbocycles. The number of benzene rings is 7. The molecule has 1 aliphatic rings. The van der Waals surface area contributed by atoms with Crippen molar-refractivity contribution >= 4 is 75.0 Å². The van der Waals surface area contributed by atoms with E-state index in [1.165, 1.54) is 69.5 Å². The average Bonchev–Trinajstić information content (AvgIpc) is 3.77. The zero-order chi connectivity index (χ0) is 32.4. The topological polar surface area (TPSA) is 30.7 Å². The smallest absolute Gasteiger partial charge is 0.235 e. The Morgan fingerprint density at radius 1 is 0.571 bits per heavy atom. The molecular formula is C45H29N3S. The van der Waals surface area contributed by atoms with Crippen LogP contribution in [0.1, 0.15) is 25.0 Å². The first-order valence-electron chi connectivity index (χ1n) is 16.8. The van der Waals surface area contributed by atoms with Gasteiger partial charge in [0.1, 0.15) is 0 Å². The van der Waals surface area contributed by atoms with Crippen molar-refractivity contribution in [3.63, 3.8) is 0 Å². The minimum Gasteiger partial charge on any atom is -0.278 e. The highest BCUT2D eigenvalue weighted by Gasteiger charge is 2.40. The van der Waals surface area contributed by atoms with Gasteiger partial charge in [0.05, 0.1) is 22.2 Å². The molecule has 0 spiro atoms. The van der Waals surface area contributed by atoms with E-state index < -0.39 is 0 Å². The summed E-state index contributed by atoms with van der Waals surface area (Å²) in [4.78, 5) is 10.9. The summed E-state index contributed by atoms with van der Waals surface area (Å²) in [6.45, 7) is 4.75. The molecule has 3 heterocycles. The van der Waals surface area contributed by atoms with E-state index in [-0.39, 0.29) is 5.41 Å². The summed E-state index contributed by atoms with van der Waals surface area (Å²) in [7, 11) is 0. The Balaban J connectivity index is 1.29. The van der Waals surface area contributed by atoms with Crippen molar-refractivity contribution in [3.05, 3.63) is 151 Å². The number of thiophene rings is 1. The monoisotopic (exact) mass is 643 g/mol. The summed E-state index contributed by atoms with van der Waals surface area (Å²) >= 11 is 1.84. The van der Waals surface area contributed by atoms with E-state index in [0.29, 0.717) is 5.95 Å². The molecule has 0 atom stereocenters. The first-order chi connectivity index (χ1) is 24.1. The zero-order valence-corrected chi connectivity index (χ0v) is 27.8. The lowest BCUT2D eigenvalue weighted by Gasteiger charge is -2.24. The Bertz CT molecular complexity index is 3030. The van der Waals surface area contributed by atoms with Crippen molar-refractivity contribution in [3.8, 4) is 28.3 Å². The molecule has 0 bridgehead atoms. The largest absolute Gasteiger partial charge is 0.278 e. The van der Waals surface area contributed by atoms with Gasteiger partial charge in [-0.2, -0.15) is 0 Å². The van der Waals surface area contributed by atoms with Crippen molar-refractivity contribution in [2.45, 2.75) is 19.3 Å². The molecule has 11 rings (SSSR count). The van der Waals surface area contributed by atoms with Crippen LogP contribution in [0.25, 0.3) is 92.0 Å². The molecule has 0 aliphatic heterocycles. The summed E-state index contributed by atoms with van der Waals surface area (Å²) in [6, 6.07) is 50.6. The van der Waals surface area contributed by atoms with Crippen LogP contribution in [-0.2, 0) is 5.41 Å². The Morgan fingerprint density at radius 3 is 2.12 bits per heavy atom. The van der Waals surface area contributed by atoms with E-state index in [4.69, 9.17) is 9.97 Å². The molecule has 0 saturated heterocycles. The van der Waals surface area contributed by atoms with Gasteiger partial charge in [-0.25, -0.2) is 9.97 Å². The highest BCUT2D eigenvalue weighted by atomic mass is 32.1. The van der Waals surface area contributed by atoms with E-state index in [2.05, 4.69) is 158 Å². The highest BCUT2D eigenvalue weighted by molar-refractivity contribution is 7.25. The van der Waals surface area contributed by atoms with Crippen LogP contribution in [-0.4, -0.2) is 14.5 Å². The second-order valence-electron chi connectivity index (χ2n) is 13.7. The molecule has 3 aromatic heterocycles.